The van der Waals surface area contributed by atoms with E-state index in [4.69, 9.17) is 11.6 Å². The van der Waals surface area contributed by atoms with E-state index in [1.165, 1.54) is 5.56 Å². The van der Waals surface area contributed by atoms with Gasteiger partial charge in [0, 0.05) is 25.1 Å². The lowest BCUT2D eigenvalue weighted by Gasteiger charge is -2.10. The van der Waals surface area contributed by atoms with Gasteiger partial charge in [-0.2, -0.15) is 0 Å². The third-order valence-electron chi connectivity index (χ3n) is 3.31. The topological polar surface area (TPSA) is 43.6 Å². The van der Waals surface area contributed by atoms with Crippen LogP contribution >= 0.6 is 11.6 Å². The van der Waals surface area contributed by atoms with Crippen LogP contribution in [0, 0.1) is 0 Å². The van der Waals surface area contributed by atoms with E-state index in [-0.39, 0.29) is 5.38 Å². The third-order valence-corrected chi connectivity index (χ3v) is 3.50. The molecule has 1 unspecified atom stereocenters. The third kappa shape index (κ3) is 2.51. The van der Waals surface area contributed by atoms with E-state index in [0.29, 0.717) is 0 Å². The summed E-state index contributed by atoms with van der Waals surface area (Å²) in [5.74, 6) is 0.892. The van der Waals surface area contributed by atoms with E-state index in [1.807, 2.05) is 37.5 Å². The average Bonchev–Trinajstić information content (AvgIpc) is 2.85. The van der Waals surface area contributed by atoms with Gasteiger partial charge in [0.05, 0.1) is 17.1 Å². The second kappa shape index (κ2) is 5.59. The largest absolute Gasteiger partial charge is 0.326 e. The van der Waals surface area contributed by atoms with Gasteiger partial charge in [-0.05, 0) is 37.1 Å². The molecular formula is C15H15ClN4. The number of imidazole rings is 1. The second-order valence-electron chi connectivity index (χ2n) is 4.71. The minimum absolute atomic E-state index is 0.125. The maximum absolute atomic E-state index is 6.25. The number of rotatable bonds is 4. The van der Waals surface area contributed by atoms with Crippen LogP contribution < -0.4 is 0 Å². The Morgan fingerprint density at radius 2 is 1.90 bits per heavy atom. The summed E-state index contributed by atoms with van der Waals surface area (Å²) in [5.41, 5.74) is 3.23. The van der Waals surface area contributed by atoms with E-state index >= 15 is 0 Å². The van der Waals surface area contributed by atoms with E-state index in [0.717, 1.165) is 29.8 Å². The van der Waals surface area contributed by atoms with E-state index in [9.17, 15) is 0 Å². The van der Waals surface area contributed by atoms with Crippen molar-refractivity contribution in [3.05, 3.63) is 54.4 Å². The van der Waals surface area contributed by atoms with Crippen LogP contribution in [0.5, 0.6) is 0 Å². The number of halogens is 1. The molecule has 0 aliphatic carbocycles. The molecule has 0 N–H and O–H groups in total. The molecule has 0 aliphatic rings. The van der Waals surface area contributed by atoms with Gasteiger partial charge < -0.3 is 4.57 Å². The van der Waals surface area contributed by atoms with Gasteiger partial charge in [0.2, 0.25) is 0 Å². The van der Waals surface area contributed by atoms with Crippen LogP contribution in [-0.4, -0.2) is 19.5 Å². The van der Waals surface area contributed by atoms with Gasteiger partial charge in [-0.1, -0.05) is 0 Å². The summed E-state index contributed by atoms with van der Waals surface area (Å²) in [6.07, 6.45) is 8.12. The number of aryl methyl sites for hydroxylation is 2. The van der Waals surface area contributed by atoms with Gasteiger partial charge in [0.25, 0.3) is 0 Å². The van der Waals surface area contributed by atoms with Crippen LogP contribution in [-0.2, 0) is 13.0 Å². The first-order valence-corrected chi connectivity index (χ1v) is 7.02. The van der Waals surface area contributed by atoms with Crippen molar-refractivity contribution in [2.75, 3.05) is 0 Å². The molecule has 0 aromatic carbocycles. The molecule has 3 aromatic rings. The lowest BCUT2D eigenvalue weighted by atomic mass is 10.2. The van der Waals surface area contributed by atoms with Crippen LogP contribution in [0.3, 0.4) is 0 Å². The van der Waals surface area contributed by atoms with Crippen LogP contribution in [0.15, 0.2) is 43.0 Å². The standard InChI is InChI=1S/C15H15ClN4/c1-11(16)15-19-13-10-18-8-4-14(13)20(15)9-5-12-2-6-17-7-3-12/h2-4,6-8,10-11H,5,9H2,1H3. The molecular weight excluding hydrogens is 272 g/mol. The number of hydrogen-bond donors (Lipinski definition) is 0. The normalized spacial score (nSPS) is 12.7. The summed E-state index contributed by atoms with van der Waals surface area (Å²) >= 11 is 6.25. The fourth-order valence-corrected chi connectivity index (χ4v) is 2.50. The van der Waals surface area contributed by atoms with Gasteiger partial charge in [0.1, 0.15) is 11.3 Å². The predicted octanol–water partition coefficient (Wildman–Crippen LogP) is 3.37. The monoisotopic (exact) mass is 286 g/mol. The number of pyridine rings is 2. The van der Waals surface area contributed by atoms with Crippen molar-refractivity contribution < 1.29 is 0 Å². The minimum atomic E-state index is -0.125. The molecule has 0 bridgehead atoms. The van der Waals surface area contributed by atoms with E-state index in [2.05, 4.69) is 19.5 Å². The zero-order valence-electron chi connectivity index (χ0n) is 11.2. The first-order valence-electron chi connectivity index (χ1n) is 6.59. The molecule has 0 spiro atoms. The van der Waals surface area contributed by atoms with Crippen LogP contribution in [0.1, 0.15) is 23.7 Å². The SMILES string of the molecule is CC(Cl)c1nc2cnccc2n1CCc1ccncc1. The molecule has 3 aromatic heterocycles. The van der Waals surface area contributed by atoms with Crippen molar-refractivity contribution in [3.8, 4) is 0 Å². The first-order chi connectivity index (χ1) is 9.75. The number of fused-ring (bicyclic) bond motifs is 1. The Morgan fingerprint density at radius 1 is 1.15 bits per heavy atom. The molecule has 4 nitrogen and oxygen atoms in total. The molecule has 0 aliphatic heterocycles. The molecule has 0 saturated heterocycles. The highest BCUT2D eigenvalue weighted by atomic mass is 35.5. The Bertz CT molecular complexity index is 706. The molecule has 3 rings (SSSR count). The summed E-state index contributed by atoms with van der Waals surface area (Å²) in [6, 6.07) is 6.05. The summed E-state index contributed by atoms with van der Waals surface area (Å²) in [5, 5.41) is -0.125. The quantitative estimate of drug-likeness (QED) is 0.691. The maximum Gasteiger partial charge on any atom is 0.127 e. The van der Waals surface area contributed by atoms with E-state index < -0.39 is 0 Å². The van der Waals surface area contributed by atoms with Crippen molar-refractivity contribution in [1.29, 1.82) is 0 Å². The smallest absolute Gasteiger partial charge is 0.127 e. The minimum Gasteiger partial charge on any atom is -0.326 e. The number of nitrogens with zero attached hydrogens (tertiary/aromatic N) is 4. The molecule has 0 amide bonds. The fraction of sp³-hybridized carbons (Fsp3) is 0.267. The molecule has 0 radical (unpaired) electrons. The molecule has 20 heavy (non-hydrogen) atoms. The number of aromatic nitrogens is 4. The predicted molar refractivity (Wildman–Crippen MR) is 79.7 cm³/mol. The molecule has 3 heterocycles. The Balaban J connectivity index is 1.95. The zero-order chi connectivity index (χ0) is 13.9. The lowest BCUT2D eigenvalue weighted by molar-refractivity contribution is 0.668. The summed E-state index contributed by atoms with van der Waals surface area (Å²) in [4.78, 5) is 12.7. The Hall–Kier alpha value is -1.94. The highest BCUT2D eigenvalue weighted by molar-refractivity contribution is 6.20. The van der Waals surface area contributed by atoms with Crippen molar-refractivity contribution in [2.45, 2.75) is 25.3 Å². The van der Waals surface area contributed by atoms with Crippen molar-refractivity contribution in [2.24, 2.45) is 0 Å². The Kier molecular flexibility index (Phi) is 3.65. The molecule has 0 saturated carbocycles. The van der Waals surface area contributed by atoms with Crippen LogP contribution in [0.4, 0.5) is 0 Å². The summed E-state index contributed by atoms with van der Waals surface area (Å²) in [6.45, 7) is 2.79. The Labute approximate surface area is 122 Å². The van der Waals surface area contributed by atoms with Crippen LogP contribution in [0.2, 0.25) is 0 Å². The molecule has 1 atom stereocenters. The van der Waals surface area contributed by atoms with Gasteiger partial charge >= 0.3 is 0 Å². The Morgan fingerprint density at radius 3 is 2.65 bits per heavy atom. The molecule has 0 fully saturated rings. The van der Waals surface area contributed by atoms with E-state index in [1.54, 1.807) is 12.4 Å². The molecule has 102 valence electrons. The van der Waals surface area contributed by atoms with Crippen molar-refractivity contribution >= 4 is 22.6 Å². The summed E-state index contributed by atoms with van der Waals surface area (Å²) < 4.78 is 2.18. The van der Waals surface area contributed by atoms with Gasteiger partial charge in [0.15, 0.2) is 0 Å². The van der Waals surface area contributed by atoms with Crippen molar-refractivity contribution in [3.63, 3.8) is 0 Å². The van der Waals surface area contributed by atoms with Crippen molar-refractivity contribution in [1.82, 2.24) is 19.5 Å². The number of hydrogen-bond acceptors (Lipinski definition) is 3. The molecule has 5 heteroatoms. The van der Waals surface area contributed by atoms with Gasteiger partial charge in [-0.3, -0.25) is 9.97 Å². The zero-order valence-corrected chi connectivity index (χ0v) is 12.0. The second-order valence-corrected chi connectivity index (χ2v) is 5.36. The lowest BCUT2D eigenvalue weighted by Crippen LogP contribution is -2.07. The van der Waals surface area contributed by atoms with Gasteiger partial charge in [-0.15, -0.1) is 11.6 Å². The highest BCUT2D eigenvalue weighted by Crippen LogP contribution is 2.24. The summed E-state index contributed by atoms with van der Waals surface area (Å²) in [7, 11) is 0. The average molecular weight is 287 g/mol. The maximum atomic E-state index is 6.25. The first kappa shape index (κ1) is 13.1. The fourth-order valence-electron chi connectivity index (χ4n) is 2.33. The van der Waals surface area contributed by atoms with Gasteiger partial charge in [-0.25, -0.2) is 4.98 Å². The van der Waals surface area contributed by atoms with Crippen LogP contribution in [0.25, 0.3) is 11.0 Å². The highest BCUT2D eigenvalue weighted by Gasteiger charge is 2.14. The number of alkyl halides is 1.